The van der Waals surface area contributed by atoms with E-state index in [4.69, 9.17) is 0 Å². The maximum atomic E-state index is 13.6. The van der Waals surface area contributed by atoms with Gasteiger partial charge in [-0.05, 0) is 78.2 Å². The molecule has 13 heteroatoms. The molecule has 8 nitrogen and oxygen atoms in total. The third kappa shape index (κ3) is 7.57. The van der Waals surface area contributed by atoms with Crippen LogP contribution in [-0.4, -0.2) is 32.3 Å². The van der Waals surface area contributed by atoms with E-state index in [0.717, 1.165) is 5.56 Å². The van der Waals surface area contributed by atoms with Crippen LogP contribution in [-0.2, 0) is 0 Å². The number of halogens is 4. The van der Waals surface area contributed by atoms with Gasteiger partial charge in [-0.2, -0.15) is 4.99 Å². The van der Waals surface area contributed by atoms with E-state index in [1.165, 1.54) is 47.4 Å². The number of urea groups is 1. The first-order valence-electron chi connectivity index (χ1n) is 11.5. The lowest BCUT2D eigenvalue weighted by molar-refractivity contribution is -0.274. The number of carbonyl (C=O) groups is 1. The summed E-state index contributed by atoms with van der Waals surface area (Å²) in [5.74, 6) is -0.302. The average molecular weight is 559 g/mol. The quantitative estimate of drug-likeness (QED) is 0.102. The second kappa shape index (κ2) is 11.6. The van der Waals surface area contributed by atoms with Crippen molar-refractivity contribution in [2.24, 2.45) is 4.99 Å². The molecule has 39 heavy (non-hydrogen) atoms. The Morgan fingerprint density at radius 3 is 2.36 bits per heavy atom. The lowest BCUT2D eigenvalue weighted by Gasteiger charge is -2.14. The van der Waals surface area contributed by atoms with E-state index in [1.54, 1.807) is 30.3 Å². The molecule has 3 aromatic carbocycles. The molecule has 0 fully saturated rings. The zero-order valence-electron chi connectivity index (χ0n) is 20.6. The van der Waals surface area contributed by atoms with Crippen molar-refractivity contribution < 1.29 is 27.1 Å². The van der Waals surface area contributed by atoms with Gasteiger partial charge in [-0.15, -0.1) is 30.9 Å². The molecule has 0 aliphatic carbocycles. The van der Waals surface area contributed by atoms with Crippen molar-refractivity contribution >= 4 is 35.2 Å². The molecule has 0 radical (unpaired) electrons. The molecule has 2 amide bonds. The van der Waals surface area contributed by atoms with E-state index >= 15 is 0 Å². The highest BCUT2D eigenvalue weighted by atomic mass is 32.1. The second-order valence-electron chi connectivity index (χ2n) is 8.51. The number of amides is 2. The van der Waals surface area contributed by atoms with Crippen LogP contribution < -0.4 is 15.4 Å². The minimum atomic E-state index is -4.77. The summed E-state index contributed by atoms with van der Waals surface area (Å²) in [6, 6.07) is 15.4. The van der Waals surface area contributed by atoms with Gasteiger partial charge in [-0.25, -0.2) is 18.9 Å². The highest BCUT2D eigenvalue weighted by molar-refractivity contribution is 7.97. The Bertz CT molecular complexity index is 1490. The zero-order chi connectivity index (χ0) is 28.2. The van der Waals surface area contributed by atoms with Gasteiger partial charge in [0, 0.05) is 16.9 Å². The second-order valence-corrected chi connectivity index (χ2v) is 8.93. The van der Waals surface area contributed by atoms with Gasteiger partial charge in [-0.3, -0.25) is 0 Å². The summed E-state index contributed by atoms with van der Waals surface area (Å²) in [7, 11) is 0. The fraction of sp³-hybridized carbons (Fsp3) is 0.154. The van der Waals surface area contributed by atoms with Crippen LogP contribution in [0.5, 0.6) is 5.75 Å². The summed E-state index contributed by atoms with van der Waals surface area (Å²) >= 11 is 4.22. The van der Waals surface area contributed by atoms with Crippen LogP contribution in [0, 0.1) is 5.82 Å². The lowest BCUT2D eigenvalue weighted by atomic mass is 10.0. The van der Waals surface area contributed by atoms with Gasteiger partial charge >= 0.3 is 12.4 Å². The molecule has 4 rings (SSSR count). The number of rotatable bonds is 6. The number of ether oxygens (including phenoxy) is 1. The summed E-state index contributed by atoms with van der Waals surface area (Å²) in [6.45, 7) is 3.83. The third-order valence-corrected chi connectivity index (χ3v) is 5.52. The first-order chi connectivity index (χ1) is 18.5. The molecule has 0 saturated carbocycles. The van der Waals surface area contributed by atoms with E-state index in [0.29, 0.717) is 28.5 Å². The summed E-state index contributed by atoms with van der Waals surface area (Å²) in [6.07, 6.45) is -3.35. The number of alkyl halides is 3. The van der Waals surface area contributed by atoms with E-state index < -0.39 is 12.4 Å². The summed E-state index contributed by atoms with van der Waals surface area (Å²) < 4.78 is 55.9. The molecule has 0 aliphatic heterocycles. The molecule has 0 bridgehead atoms. The number of hydrogen-bond donors (Lipinski definition) is 3. The van der Waals surface area contributed by atoms with Gasteiger partial charge in [0.05, 0.1) is 5.69 Å². The number of carbonyl (C=O) groups excluding carboxylic acids is 1. The van der Waals surface area contributed by atoms with E-state index in [2.05, 4.69) is 43.1 Å². The molecule has 0 spiro atoms. The number of aliphatic imine (C=N–C) groups is 1. The van der Waals surface area contributed by atoms with Gasteiger partial charge in [0.25, 0.3) is 0 Å². The predicted molar refractivity (Wildman–Crippen MR) is 143 cm³/mol. The molecule has 0 aliphatic rings. The van der Waals surface area contributed by atoms with Gasteiger partial charge in [0.1, 0.15) is 17.9 Å². The van der Waals surface area contributed by atoms with Crippen LogP contribution in [0.4, 0.5) is 33.7 Å². The van der Waals surface area contributed by atoms with Crippen molar-refractivity contribution in [2.75, 3.05) is 10.6 Å². The van der Waals surface area contributed by atoms with Crippen LogP contribution in [0.25, 0.3) is 17.1 Å². The van der Waals surface area contributed by atoms with Crippen molar-refractivity contribution in [3.63, 3.8) is 0 Å². The highest BCUT2D eigenvalue weighted by Gasteiger charge is 2.31. The number of aromatic nitrogens is 3. The molecule has 1 aromatic heterocycles. The molecule has 4 aromatic rings. The molecule has 1 heterocycles. The van der Waals surface area contributed by atoms with E-state index in [-0.39, 0.29) is 22.7 Å². The first-order valence-corrected chi connectivity index (χ1v) is 11.9. The molecule has 2 N–H and O–H groups in total. The van der Waals surface area contributed by atoms with Crippen LogP contribution in [0.2, 0.25) is 0 Å². The van der Waals surface area contributed by atoms with Gasteiger partial charge < -0.3 is 15.4 Å². The van der Waals surface area contributed by atoms with Crippen LogP contribution in [0.3, 0.4) is 0 Å². The Balaban J connectivity index is 1.38. The fourth-order valence-electron chi connectivity index (χ4n) is 3.54. The van der Waals surface area contributed by atoms with Crippen molar-refractivity contribution in [3.8, 4) is 22.8 Å². The number of thiol groups is 1. The van der Waals surface area contributed by atoms with Crippen LogP contribution in [0.1, 0.15) is 25.3 Å². The molecular weight excluding hydrogens is 536 g/mol. The Morgan fingerprint density at radius 1 is 1.03 bits per heavy atom. The monoisotopic (exact) mass is 558 g/mol. The molecule has 0 saturated heterocycles. The largest absolute Gasteiger partial charge is 0.573 e. The zero-order valence-corrected chi connectivity index (χ0v) is 21.5. The van der Waals surface area contributed by atoms with Crippen molar-refractivity contribution in [2.45, 2.75) is 26.1 Å². The number of hydrogen-bond acceptors (Lipinski definition) is 4. The van der Waals surface area contributed by atoms with Gasteiger partial charge in [0.15, 0.2) is 11.0 Å². The standard InChI is InChI=1S/C26H22F4N6O2S/c1-15(2)21-13-17(27)5-12-22(21)33-25(39)34-24(37)32-18-6-3-16(4-7-18)23-31-14-36(35-23)19-8-10-20(11-9-19)38-26(28,29)30/h3-15H,1-2H3,(H3,32,33,34,37,39). The Labute approximate surface area is 226 Å². The smallest absolute Gasteiger partial charge is 0.406 e. The van der Waals surface area contributed by atoms with Crippen molar-refractivity contribution in [1.29, 1.82) is 0 Å². The predicted octanol–water partition coefficient (Wildman–Crippen LogP) is 7.03. The van der Waals surface area contributed by atoms with Crippen molar-refractivity contribution in [3.05, 3.63) is 84.4 Å². The maximum absolute atomic E-state index is 13.6. The minimum absolute atomic E-state index is 0.0327. The molecule has 202 valence electrons. The topological polar surface area (TPSA) is 93.4 Å². The maximum Gasteiger partial charge on any atom is 0.573 e. The highest BCUT2D eigenvalue weighted by Crippen LogP contribution is 2.26. The Kier molecular flexibility index (Phi) is 8.19. The van der Waals surface area contributed by atoms with E-state index in [1.807, 2.05) is 13.8 Å². The number of benzene rings is 3. The number of nitrogens with zero attached hydrogens (tertiary/aromatic N) is 4. The Morgan fingerprint density at radius 2 is 1.72 bits per heavy atom. The van der Waals surface area contributed by atoms with Crippen molar-refractivity contribution in [1.82, 2.24) is 14.8 Å². The van der Waals surface area contributed by atoms with E-state index in [9.17, 15) is 22.4 Å². The normalized spacial score (nSPS) is 11.9. The number of nitrogens with one attached hydrogen (secondary N) is 2. The first kappa shape index (κ1) is 27.6. The van der Waals surface area contributed by atoms with Gasteiger partial charge in [0.2, 0.25) is 0 Å². The molecule has 0 unspecified atom stereocenters. The number of amidine groups is 1. The molecule has 0 atom stereocenters. The number of anilines is 2. The molecular formula is C26H22F4N6O2S. The summed E-state index contributed by atoms with van der Waals surface area (Å²) in [4.78, 5) is 20.4. The summed E-state index contributed by atoms with van der Waals surface area (Å²) in [5, 5.41) is 9.90. The summed E-state index contributed by atoms with van der Waals surface area (Å²) in [5.41, 5.74) is 2.90. The fourth-order valence-corrected chi connectivity index (χ4v) is 3.76. The van der Waals surface area contributed by atoms with Crippen LogP contribution in [0.15, 0.2) is 78.0 Å². The third-order valence-electron chi connectivity index (χ3n) is 5.31. The van der Waals surface area contributed by atoms with Crippen LogP contribution >= 0.6 is 12.6 Å². The lowest BCUT2D eigenvalue weighted by Crippen LogP contribution is -2.17. The Hall–Kier alpha value is -4.39. The van der Waals surface area contributed by atoms with Gasteiger partial charge in [-0.1, -0.05) is 13.8 Å². The minimum Gasteiger partial charge on any atom is -0.406 e. The SMILES string of the molecule is CC(C)c1cc(F)ccc1N/C(S)=N/C(=O)Nc1ccc(-c2ncn(-c3ccc(OC(F)(F)F)cc3)n2)cc1. The average Bonchev–Trinajstić information content (AvgIpc) is 3.35.